The first kappa shape index (κ1) is 13.3. The first-order valence-corrected chi connectivity index (χ1v) is 7.22. The Hall–Kier alpha value is -1.09. The molecule has 1 aliphatic rings. The number of nitrogens with one attached hydrogen (secondary N) is 1. The third kappa shape index (κ3) is 3.02. The standard InChI is InChI=1S/C15H25N3/c1-3-11(4-2)13(16)10-17-15-9-8-12-6-5-7-14(12)18-15/h8-9,11,13H,3-7,10,16H2,1-2H3,(H,17,18). The molecule has 0 saturated carbocycles. The Morgan fingerprint density at radius 3 is 2.78 bits per heavy atom. The molecule has 1 aromatic rings. The van der Waals surface area contributed by atoms with E-state index in [1.54, 1.807) is 0 Å². The lowest BCUT2D eigenvalue weighted by Gasteiger charge is -2.21. The molecule has 0 radical (unpaired) electrons. The van der Waals surface area contributed by atoms with Gasteiger partial charge in [-0.25, -0.2) is 4.98 Å². The zero-order valence-electron chi connectivity index (χ0n) is 11.6. The van der Waals surface area contributed by atoms with E-state index in [1.165, 1.54) is 24.1 Å². The number of anilines is 1. The number of hydrogen-bond acceptors (Lipinski definition) is 3. The van der Waals surface area contributed by atoms with Crippen LogP contribution in [0.25, 0.3) is 0 Å². The van der Waals surface area contributed by atoms with E-state index >= 15 is 0 Å². The summed E-state index contributed by atoms with van der Waals surface area (Å²) in [5.41, 5.74) is 8.90. The summed E-state index contributed by atoms with van der Waals surface area (Å²) in [7, 11) is 0. The minimum Gasteiger partial charge on any atom is -0.368 e. The van der Waals surface area contributed by atoms with Gasteiger partial charge in [0.15, 0.2) is 0 Å². The lowest BCUT2D eigenvalue weighted by molar-refractivity contribution is 0.407. The number of pyridine rings is 1. The highest BCUT2D eigenvalue weighted by Gasteiger charge is 2.15. The van der Waals surface area contributed by atoms with Crippen LogP contribution in [0.5, 0.6) is 0 Å². The van der Waals surface area contributed by atoms with E-state index in [2.05, 4.69) is 36.3 Å². The summed E-state index contributed by atoms with van der Waals surface area (Å²) in [6.45, 7) is 5.24. The molecular formula is C15H25N3. The summed E-state index contributed by atoms with van der Waals surface area (Å²) >= 11 is 0. The molecule has 1 heterocycles. The summed E-state index contributed by atoms with van der Waals surface area (Å²) in [4.78, 5) is 4.67. The average Bonchev–Trinajstić information content (AvgIpc) is 2.85. The number of nitrogens with two attached hydrogens (primary N) is 1. The number of aromatic nitrogens is 1. The van der Waals surface area contributed by atoms with Crippen molar-refractivity contribution in [2.75, 3.05) is 11.9 Å². The molecule has 2 rings (SSSR count). The summed E-state index contributed by atoms with van der Waals surface area (Å²) < 4.78 is 0. The zero-order valence-corrected chi connectivity index (χ0v) is 11.6. The lowest BCUT2D eigenvalue weighted by Crippen LogP contribution is -2.36. The molecule has 0 bridgehead atoms. The van der Waals surface area contributed by atoms with Crippen LogP contribution in [0.15, 0.2) is 12.1 Å². The molecule has 3 N–H and O–H groups in total. The normalized spacial score (nSPS) is 15.8. The number of aryl methyl sites for hydroxylation is 2. The van der Waals surface area contributed by atoms with Crippen molar-refractivity contribution in [1.29, 1.82) is 0 Å². The maximum Gasteiger partial charge on any atom is 0.126 e. The summed E-state index contributed by atoms with van der Waals surface area (Å²) in [5, 5.41) is 3.39. The molecule has 0 saturated heterocycles. The van der Waals surface area contributed by atoms with E-state index in [9.17, 15) is 0 Å². The minimum atomic E-state index is 0.218. The van der Waals surface area contributed by atoms with Gasteiger partial charge in [-0.05, 0) is 36.8 Å². The fourth-order valence-electron chi connectivity index (χ4n) is 2.80. The van der Waals surface area contributed by atoms with Gasteiger partial charge in [0.1, 0.15) is 5.82 Å². The first-order chi connectivity index (χ1) is 8.74. The van der Waals surface area contributed by atoms with E-state index in [0.29, 0.717) is 5.92 Å². The van der Waals surface area contributed by atoms with Crippen LogP contribution in [0.1, 0.15) is 44.4 Å². The average molecular weight is 247 g/mol. The van der Waals surface area contributed by atoms with Gasteiger partial charge in [-0.2, -0.15) is 0 Å². The minimum absolute atomic E-state index is 0.218. The van der Waals surface area contributed by atoms with Gasteiger partial charge in [0.2, 0.25) is 0 Å². The second-order valence-electron chi connectivity index (χ2n) is 5.28. The van der Waals surface area contributed by atoms with E-state index in [4.69, 9.17) is 5.73 Å². The Balaban J connectivity index is 1.90. The Morgan fingerprint density at radius 2 is 2.06 bits per heavy atom. The number of fused-ring (bicyclic) bond motifs is 1. The SMILES string of the molecule is CCC(CC)C(N)CNc1ccc2c(n1)CCC2. The quantitative estimate of drug-likeness (QED) is 0.812. The molecule has 0 fully saturated rings. The molecule has 100 valence electrons. The Morgan fingerprint density at radius 1 is 1.28 bits per heavy atom. The van der Waals surface area contributed by atoms with Crippen molar-refractivity contribution in [3.8, 4) is 0 Å². The zero-order chi connectivity index (χ0) is 13.0. The highest BCUT2D eigenvalue weighted by molar-refractivity contribution is 5.40. The van der Waals surface area contributed by atoms with Gasteiger partial charge in [-0.3, -0.25) is 0 Å². The largest absolute Gasteiger partial charge is 0.368 e. The molecule has 0 amide bonds. The third-order valence-electron chi connectivity index (χ3n) is 4.10. The van der Waals surface area contributed by atoms with Crippen molar-refractivity contribution in [2.24, 2.45) is 11.7 Å². The third-order valence-corrected chi connectivity index (χ3v) is 4.10. The molecule has 1 aliphatic carbocycles. The van der Waals surface area contributed by atoms with Gasteiger partial charge < -0.3 is 11.1 Å². The highest BCUT2D eigenvalue weighted by Crippen LogP contribution is 2.21. The van der Waals surface area contributed by atoms with Crippen LogP contribution in [-0.2, 0) is 12.8 Å². The predicted molar refractivity (Wildman–Crippen MR) is 76.8 cm³/mol. The molecule has 18 heavy (non-hydrogen) atoms. The van der Waals surface area contributed by atoms with Gasteiger partial charge in [0, 0.05) is 18.3 Å². The van der Waals surface area contributed by atoms with Crippen LogP contribution in [0.3, 0.4) is 0 Å². The van der Waals surface area contributed by atoms with Crippen molar-refractivity contribution in [3.05, 3.63) is 23.4 Å². The molecule has 0 aliphatic heterocycles. The van der Waals surface area contributed by atoms with Crippen molar-refractivity contribution in [2.45, 2.75) is 52.0 Å². The Labute approximate surface area is 110 Å². The van der Waals surface area contributed by atoms with Gasteiger partial charge in [-0.15, -0.1) is 0 Å². The van der Waals surface area contributed by atoms with Crippen LogP contribution in [-0.4, -0.2) is 17.6 Å². The molecule has 1 aromatic heterocycles. The molecule has 3 heteroatoms. The van der Waals surface area contributed by atoms with Crippen LogP contribution < -0.4 is 11.1 Å². The van der Waals surface area contributed by atoms with Gasteiger partial charge in [0.25, 0.3) is 0 Å². The molecule has 0 aromatic carbocycles. The second kappa shape index (κ2) is 6.19. The van der Waals surface area contributed by atoms with Crippen molar-refractivity contribution in [1.82, 2.24) is 4.98 Å². The van der Waals surface area contributed by atoms with Crippen LogP contribution in [0.2, 0.25) is 0 Å². The molecule has 1 atom stereocenters. The topological polar surface area (TPSA) is 50.9 Å². The van der Waals surface area contributed by atoms with Crippen molar-refractivity contribution < 1.29 is 0 Å². The smallest absolute Gasteiger partial charge is 0.126 e. The van der Waals surface area contributed by atoms with E-state index in [0.717, 1.165) is 31.6 Å². The van der Waals surface area contributed by atoms with E-state index < -0.39 is 0 Å². The summed E-state index contributed by atoms with van der Waals surface area (Å²) in [6.07, 6.45) is 5.87. The molecular weight excluding hydrogens is 222 g/mol. The van der Waals surface area contributed by atoms with Gasteiger partial charge in [0.05, 0.1) is 0 Å². The number of rotatable bonds is 6. The fourth-order valence-corrected chi connectivity index (χ4v) is 2.80. The van der Waals surface area contributed by atoms with Crippen LogP contribution in [0, 0.1) is 5.92 Å². The van der Waals surface area contributed by atoms with Gasteiger partial charge in [-0.1, -0.05) is 32.8 Å². The van der Waals surface area contributed by atoms with E-state index in [-0.39, 0.29) is 6.04 Å². The predicted octanol–water partition coefficient (Wildman–Crippen LogP) is 2.75. The Bertz CT molecular complexity index is 385. The van der Waals surface area contributed by atoms with E-state index in [1.807, 2.05) is 0 Å². The van der Waals surface area contributed by atoms with Crippen LogP contribution >= 0.6 is 0 Å². The lowest BCUT2D eigenvalue weighted by atomic mass is 9.95. The van der Waals surface area contributed by atoms with Gasteiger partial charge >= 0.3 is 0 Å². The summed E-state index contributed by atoms with van der Waals surface area (Å²) in [5.74, 6) is 1.59. The monoisotopic (exact) mass is 247 g/mol. The van der Waals surface area contributed by atoms with Crippen LogP contribution in [0.4, 0.5) is 5.82 Å². The number of nitrogens with zero attached hydrogens (tertiary/aromatic N) is 1. The first-order valence-electron chi connectivity index (χ1n) is 7.22. The number of hydrogen-bond donors (Lipinski definition) is 2. The molecule has 1 unspecified atom stereocenters. The Kier molecular flexibility index (Phi) is 4.59. The van der Waals surface area contributed by atoms with Crippen molar-refractivity contribution in [3.63, 3.8) is 0 Å². The maximum atomic E-state index is 6.21. The summed E-state index contributed by atoms with van der Waals surface area (Å²) in [6, 6.07) is 4.51. The molecule has 0 spiro atoms. The maximum absolute atomic E-state index is 6.21. The molecule has 3 nitrogen and oxygen atoms in total. The fraction of sp³-hybridized carbons (Fsp3) is 0.667. The second-order valence-corrected chi connectivity index (χ2v) is 5.28. The highest BCUT2D eigenvalue weighted by atomic mass is 15.0. The van der Waals surface area contributed by atoms with Crippen molar-refractivity contribution >= 4 is 5.82 Å².